The summed E-state index contributed by atoms with van der Waals surface area (Å²) < 4.78 is 16.7. The van der Waals surface area contributed by atoms with Gasteiger partial charge in [0.15, 0.2) is 11.5 Å². The molecular formula is C24H19ClN4O6. The number of aromatic nitrogens is 1. The number of hydrogen-bond acceptors (Lipinski definition) is 7. The van der Waals surface area contributed by atoms with Crippen molar-refractivity contribution in [2.75, 3.05) is 19.1 Å². The molecule has 0 unspecified atom stereocenters. The number of carbonyl (C=O) groups excluding carboxylic acids is 1. The number of pyridine rings is 1. The molecule has 2 N–H and O–H groups in total. The number of primary amides is 1. The van der Waals surface area contributed by atoms with Gasteiger partial charge in [-0.15, -0.1) is 0 Å². The molecule has 4 aromatic rings. The van der Waals surface area contributed by atoms with Crippen molar-refractivity contribution in [3.8, 4) is 23.0 Å². The number of nitrogens with two attached hydrogens (primary N) is 1. The van der Waals surface area contributed by atoms with Crippen LogP contribution in [-0.4, -0.2) is 30.2 Å². The second kappa shape index (κ2) is 9.74. The number of methoxy groups -OCH3 is 2. The summed E-state index contributed by atoms with van der Waals surface area (Å²) in [6.07, 6.45) is 1.60. The molecule has 0 aliphatic rings. The Morgan fingerprint density at radius 1 is 1.00 bits per heavy atom. The van der Waals surface area contributed by atoms with Crippen molar-refractivity contribution < 1.29 is 23.9 Å². The Bertz CT molecular complexity index is 1430. The second-order valence-electron chi connectivity index (χ2n) is 7.19. The average Bonchev–Trinajstić information content (AvgIpc) is 2.85. The fraction of sp³-hybridized carbons (Fsp3) is 0.0833. The van der Waals surface area contributed by atoms with Crippen LogP contribution in [0.15, 0.2) is 66.9 Å². The molecule has 1 heterocycles. The number of rotatable bonds is 7. The molecule has 0 saturated heterocycles. The number of halogens is 1. The summed E-state index contributed by atoms with van der Waals surface area (Å²) in [6.45, 7) is 0. The van der Waals surface area contributed by atoms with E-state index in [9.17, 15) is 14.9 Å². The predicted molar refractivity (Wildman–Crippen MR) is 131 cm³/mol. The Morgan fingerprint density at radius 3 is 2.31 bits per heavy atom. The second-order valence-corrected chi connectivity index (χ2v) is 7.63. The summed E-state index contributed by atoms with van der Waals surface area (Å²) in [6, 6.07) is 14.6. The van der Waals surface area contributed by atoms with E-state index in [4.69, 9.17) is 31.5 Å². The summed E-state index contributed by atoms with van der Waals surface area (Å²) in [5, 5.41) is 12.4. The van der Waals surface area contributed by atoms with Crippen molar-refractivity contribution in [1.82, 2.24) is 4.98 Å². The topological polar surface area (TPSA) is 130 Å². The van der Waals surface area contributed by atoms with Crippen LogP contribution in [0.25, 0.3) is 10.9 Å². The van der Waals surface area contributed by atoms with E-state index >= 15 is 0 Å². The zero-order valence-electron chi connectivity index (χ0n) is 18.6. The summed E-state index contributed by atoms with van der Waals surface area (Å²) in [5.41, 5.74) is 6.14. The minimum Gasteiger partial charge on any atom is -0.493 e. The molecule has 0 radical (unpaired) electrons. The number of amides is 2. The third kappa shape index (κ3) is 4.73. The van der Waals surface area contributed by atoms with Crippen LogP contribution in [0, 0.1) is 10.1 Å². The van der Waals surface area contributed by atoms with Gasteiger partial charge in [0.1, 0.15) is 17.2 Å². The van der Waals surface area contributed by atoms with Crippen molar-refractivity contribution in [1.29, 1.82) is 0 Å². The van der Waals surface area contributed by atoms with Gasteiger partial charge in [0.25, 0.3) is 5.69 Å². The van der Waals surface area contributed by atoms with Crippen molar-refractivity contribution >= 4 is 45.6 Å². The van der Waals surface area contributed by atoms with Gasteiger partial charge in [-0.1, -0.05) is 11.6 Å². The van der Waals surface area contributed by atoms with E-state index in [-0.39, 0.29) is 16.4 Å². The van der Waals surface area contributed by atoms with Crippen LogP contribution < -0.4 is 24.8 Å². The van der Waals surface area contributed by atoms with Crippen molar-refractivity contribution in [3.63, 3.8) is 0 Å². The van der Waals surface area contributed by atoms with Gasteiger partial charge in [-0.2, -0.15) is 0 Å². The van der Waals surface area contributed by atoms with Gasteiger partial charge >= 0.3 is 6.03 Å². The smallest absolute Gasteiger partial charge is 0.324 e. The van der Waals surface area contributed by atoms with E-state index in [1.807, 2.05) is 0 Å². The van der Waals surface area contributed by atoms with Crippen LogP contribution in [0.5, 0.6) is 23.0 Å². The highest BCUT2D eigenvalue weighted by atomic mass is 35.5. The number of fused-ring (bicyclic) bond motifs is 1. The predicted octanol–water partition coefficient (Wildman–Crippen LogP) is 5.82. The molecular weight excluding hydrogens is 476 g/mol. The average molecular weight is 495 g/mol. The Hall–Kier alpha value is -4.57. The van der Waals surface area contributed by atoms with Gasteiger partial charge in [0.2, 0.25) is 0 Å². The van der Waals surface area contributed by atoms with E-state index in [2.05, 4.69) is 4.98 Å². The Labute approximate surface area is 204 Å². The minimum atomic E-state index is -0.898. The molecule has 3 aromatic carbocycles. The first kappa shape index (κ1) is 23.6. The molecule has 0 spiro atoms. The molecule has 1 aromatic heterocycles. The van der Waals surface area contributed by atoms with Gasteiger partial charge in [-0.3, -0.25) is 20.0 Å². The monoisotopic (exact) mass is 494 g/mol. The van der Waals surface area contributed by atoms with E-state index in [1.54, 1.807) is 55.8 Å². The first-order valence-electron chi connectivity index (χ1n) is 10.1. The molecule has 0 atom stereocenters. The molecule has 10 nitrogen and oxygen atoms in total. The number of nitrogens with zero attached hydrogens (tertiary/aromatic N) is 3. The fourth-order valence-corrected chi connectivity index (χ4v) is 3.71. The van der Waals surface area contributed by atoms with Crippen LogP contribution in [0.1, 0.15) is 0 Å². The maximum absolute atomic E-state index is 12.2. The van der Waals surface area contributed by atoms with Gasteiger partial charge in [-0.05, 0) is 48.5 Å². The molecule has 0 saturated carbocycles. The normalized spacial score (nSPS) is 10.6. The Kier molecular flexibility index (Phi) is 6.56. The lowest BCUT2D eigenvalue weighted by atomic mass is 10.1. The highest BCUT2D eigenvalue weighted by Gasteiger charge is 2.25. The van der Waals surface area contributed by atoms with Crippen molar-refractivity contribution in [3.05, 3.63) is 82.0 Å². The molecule has 11 heteroatoms. The number of hydrogen-bond donors (Lipinski definition) is 1. The molecule has 0 bridgehead atoms. The number of nitro benzene ring substituents is 1. The first-order chi connectivity index (χ1) is 16.8. The van der Waals surface area contributed by atoms with Gasteiger partial charge in [0, 0.05) is 28.7 Å². The Morgan fingerprint density at radius 2 is 1.69 bits per heavy atom. The lowest BCUT2D eigenvalue weighted by molar-refractivity contribution is -0.384. The van der Waals surface area contributed by atoms with Gasteiger partial charge < -0.3 is 19.9 Å². The van der Waals surface area contributed by atoms with Gasteiger partial charge in [-0.25, -0.2) is 4.79 Å². The zero-order chi connectivity index (χ0) is 25.1. The Balaban J connectivity index is 1.68. The summed E-state index contributed by atoms with van der Waals surface area (Å²) in [7, 11) is 3.08. The van der Waals surface area contributed by atoms with Crippen LogP contribution >= 0.6 is 11.6 Å². The standard InChI is InChI=1S/C24H19ClN4O6/c1-33-22-12-17-18(13-23(22)34-2)27-10-9-21(17)35-16-6-4-15(5-7-16)28(24(26)30)19-8-3-14(25)11-20(19)29(31)32/h3-13H,1-2H3,(H2,26,30). The highest BCUT2D eigenvalue weighted by Crippen LogP contribution is 2.39. The molecule has 178 valence electrons. The number of anilines is 2. The molecule has 0 aliphatic heterocycles. The third-order valence-corrected chi connectivity index (χ3v) is 5.36. The molecule has 0 aliphatic carbocycles. The van der Waals surface area contributed by atoms with Crippen LogP contribution in [0.4, 0.5) is 21.9 Å². The van der Waals surface area contributed by atoms with Crippen LogP contribution in [-0.2, 0) is 0 Å². The van der Waals surface area contributed by atoms with Crippen molar-refractivity contribution in [2.24, 2.45) is 5.73 Å². The van der Waals surface area contributed by atoms with Crippen molar-refractivity contribution in [2.45, 2.75) is 0 Å². The van der Waals surface area contributed by atoms with E-state index in [1.165, 1.54) is 19.2 Å². The van der Waals surface area contributed by atoms with E-state index in [0.29, 0.717) is 39.6 Å². The van der Waals surface area contributed by atoms with Crippen LogP contribution in [0.2, 0.25) is 5.02 Å². The van der Waals surface area contributed by atoms with Crippen LogP contribution in [0.3, 0.4) is 0 Å². The lowest BCUT2D eigenvalue weighted by Gasteiger charge is -2.21. The zero-order valence-corrected chi connectivity index (χ0v) is 19.4. The molecule has 2 amide bonds. The number of ether oxygens (including phenoxy) is 3. The largest absolute Gasteiger partial charge is 0.493 e. The quantitative estimate of drug-likeness (QED) is 0.253. The fourth-order valence-electron chi connectivity index (χ4n) is 3.54. The third-order valence-electron chi connectivity index (χ3n) is 5.13. The summed E-state index contributed by atoms with van der Waals surface area (Å²) >= 11 is 5.89. The summed E-state index contributed by atoms with van der Waals surface area (Å²) in [4.78, 5) is 28.5. The summed E-state index contributed by atoms with van der Waals surface area (Å²) in [5.74, 6) is 2.03. The minimum absolute atomic E-state index is 0.0123. The molecule has 4 rings (SSSR count). The maximum atomic E-state index is 12.2. The number of nitro groups is 1. The van der Waals surface area contributed by atoms with E-state index < -0.39 is 11.0 Å². The lowest BCUT2D eigenvalue weighted by Crippen LogP contribution is -2.31. The number of urea groups is 1. The molecule has 0 fully saturated rings. The maximum Gasteiger partial charge on any atom is 0.324 e. The highest BCUT2D eigenvalue weighted by molar-refractivity contribution is 6.31. The van der Waals surface area contributed by atoms with E-state index in [0.717, 1.165) is 11.0 Å². The molecule has 35 heavy (non-hydrogen) atoms. The van der Waals surface area contributed by atoms with Gasteiger partial charge in [0.05, 0.1) is 30.3 Å². The number of carbonyl (C=O) groups is 1. The number of benzene rings is 3. The first-order valence-corrected chi connectivity index (χ1v) is 10.5. The SMILES string of the molecule is COc1cc2nccc(Oc3ccc(N(C(N)=O)c4ccc(Cl)cc4[N+](=O)[O-])cc3)c2cc1OC.